The monoisotopic (exact) mass is 404 g/mol. The molecule has 148 valence electrons. The molecule has 0 saturated carbocycles. The first kappa shape index (κ1) is 19.8. The van der Waals surface area contributed by atoms with Crippen LogP contribution in [-0.4, -0.2) is 33.5 Å². The third-order valence-corrected chi connectivity index (χ3v) is 4.40. The molecular weight excluding hydrogens is 384 g/mol. The Morgan fingerprint density at radius 1 is 1.29 bits per heavy atom. The van der Waals surface area contributed by atoms with Crippen LogP contribution in [0.25, 0.3) is 0 Å². The highest BCUT2D eigenvalue weighted by atomic mass is 35.5. The molecule has 1 fully saturated rings. The van der Waals surface area contributed by atoms with Gasteiger partial charge < -0.3 is 16.0 Å². The number of anilines is 1. The quantitative estimate of drug-likeness (QED) is 0.568. The molecule has 0 spiro atoms. The van der Waals surface area contributed by atoms with Crippen LogP contribution in [0.4, 0.5) is 5.82 Å². The van der Waals surface area contributed by atoms with Crippen molar-refractivity contribution in [1.82, 2.24) is 25.7 Å². The van der Waals surface area contributed by atoms with E-state index in [1.54, 1.807) is 37.3 Å². The first-order chi connectivity index (χ1) is 13.3. The lowest BCUT2D eigenvalue weighted by atomic mass is 10.2. The molecule has 2 unspecified atom stereocenters. The summed E-state index contributed by atoms with van der Waals surface area (Å²) in [4.78, 5) is 36.2. The largest absolute Gasteiger partial charge is 0.344 e. The normalized spacial score (nSPS) is 19.0. The number of aryl methyl sites for hydroxylation is 1. The average Bonchev–Trinajstić information content (AvgIpc) is 3.00. The summed E-state index contributed by atoms with van der Waals surface area (Å²) in [5.74, 6) is -1.43. The van der Waals surface area contributed by atoms with Gasteiger partial charge in [0, 0.05) is 30.1 Å². The van der Waals surface area contributed by atoms with E-state index in [1.807, 2.05) is 6.92 Å². The minimum absolute atomic E-state index is 0.0468. The van der Waals surface area contributed by atoms with Crippen molar-refractivity contribution in [1.29, 1.82) is 0 Å². The maximum Gasteiger partial charge on any atom is 0.314 e. The van der Waals surface area contributed by atoms with Crippen LogP contribution in [0.2, 0.25) is 5.02 Å². The molecule has 10 heteroatoms. The Hall–Kier alpha value is -2.91. The number of hydrogen-bond donors (Lipinski definition) is 4. The van der Waals surface area contributed by atoms with Crippen LogP contribution in [0.15, 0.2) is 30.3 Å². The van der Waals surface area contributed by atoms with Crippen LogP contribution in [0.5, 0.6) is 0 Å². The van der Waals surface area contributed by atoms with E-state index in [0.717, 1.165) is 5.56 Å². The maximum atomic E-state index is 12.3. The molecule has 1 aliphatic heterocycles. The van der Waals surface area contributed by atoms with E-state index in [9.17, 15) is 14.4 Å². The Kier molecular flexibility index (Phi) is 5.96. The van der Waals surface area contributed by atoms with Gasteiger partial charge in [-0.1, -0.05) is 23.7 Å². The van der Waals surface area contributed by atoms with Gasteiger partial charge in [0.25, 0.3) is 0 Å². The van der Waals surface area contributed by atoms with Crippen LogP contribution in [0.3, 0.4) is 0 Å². The standard InChI is InChI=1S/C18H21ClN6O3/c1-10-8-15(26)23-18(21-10)25-14(7-11(2)24-25)22-17(28)16(27)20-9-12-3-5-13(19)6-4-12/h3-7,10,18,21H,8-9H2,1-2H3,(H,20,27)(H,22,28)(H,23,26). The number of carbonyl (C=O) groups excluding carboxylic acids is 3. The molecule has 4 N–H and O–H groups in total. The SMILES string of the molecule is Cc1cc(NC(=O)C(=O)NCc2ccc(Cl)cc2)n(C2NC(=O)CC(C)N2)n1. The van der Waals surface area contributed by atoms with Gasteiger partial charge in [0.15, 0.2) is 6.29 Å². The zero-order valence-electron chi connectivity index (χ0n) is 15.5. The number of amides is 3. The summed E-state index contributed by atoms with van der Waals surface area (Å²) in [6.45, 7) is 3.82. The van der Waals surface area contributed by atoms with Crippen molar-refractivity contribution in [2.75, 3.05) is 5.32 Å². The fraction of sp³-hybridized carbons (Fsp3) is 0.333. The van der Waals surface area contributed by atoms with E-state index >= 15 is 0 Å². The van der Waals surface area contributed by atoms with E-state index in [2.05, 4.69) is 26.4 Å². The number of nitrogens with zero attached hydrogens (tertiary/aromatic N) is 2. The van der Waals surface area contributed by atoms with Crippen LogP contribution in [0.1, 0.15) is 30.9 Å². The zero-order valence-corrected chi connectivity index (χ0v) is 16.2. The molecule has 1 saturated heterocycles. The highest BCUT2D eigenvalue weighted by Gasteiger charge is 2.27. The summed E-state index contributed by atoms with van der Waals surface area (Å²) in [7, 11) is 0. The number of rotatable bonds is 4. The minimum atomic E-state index is -0.828. The number of carbonyl (C=O) groups is 3. The molecule has 2 heterocycles. The molecule has 28 heavy (non-hydrogen) atoms. The zero-order chi connectivity index (χ0) is 20.3. The number of aromatic nitrogens is 2. The molecule has 2 aromatic rings. The lowest BCUT2D eigenvalue weighted by Crippen LogP contribution is -2.52. The van der Waals surface area contributed by atoms with Gasteiger partial charge in [0.1, 0.15) is 5.82 Å². The van der Waals surface area contributed by atoms with Gasteiger partial charge in [-0.2, -0.15) is 5.10 Å². The van der Waals surface area contributed by atoms with Crippen LogP contribution >= 0.6 is 11.6 Å². The Labute approximate surface area is 166 Å². The fourth-order valence-corrected chi connectivity index (χ4v) is 2.96. The molecule has 1 aromatic carbocycles. The van der Waals surface area contributed by atoms with E-state index in [4.69, 9.17) is 11.6 Å². The van der Waals surface area contributed by atoms with Gasteiger partial charge in [0.05, 0.1) is 5.69 Å². The van der Waals surface area contributed by atoms with E-state index < -0.39 is 18.1 Å². The number of benzene rings is 1. The van der Waals surface area contributed by atoms with Crippen molar-refractivity contribution >= 4 is 35.1 Å². The van der Waals surface area contributed by atoms with Crippen molar-refractivity contribution in [2.45, 2.75) is 39.1 Å². The third kappa shape index (κ3) is 4.87. The molecule has 2 atom stereocenters. The molecule has 0 bridgehead atoms. The predicted octanol–water partition coefficient (Wildman–Crippen LogP) is 1.05. The summed E-state index contributed by atoms with van der Waals surface area (Å²) in [5, 5.41) is 15.9. The van der Waals surface area contributed by atoms with Crippen LogP contribution in [0, 0.1) is 6.92 Å². The molecule has 9 nitrogen and oxygen atoms in total. The molecule has 1 aromatic heterocycles. The summed E-state index contributed by atoms with van der Waals surface area (Å²) in [6.07, 6.45) is -0.261. The summed E-state index contributed by atoms with van der Waals surface area (Å²) in [5.41, 5.74) is 1.45. The summed E-state index contributed by atoms with van der Waals surface area (Å²) < 4.78 is 1.44. The second-order valence-corrected chi connectivity index (χ2v) is 7.06. The topological polar surface area (TPSA) is 117 Å². The lowest BCUT2D eigenvalue weighted by Gasteiger charge is -2.30. The van der Waals surface area contributed by atoms with Crippen molar-refractivity contribution in [3.8, 4) is 0 Å². The van der Waals surface area contributed by atoms with Crippen molar-refractivity contribution in [3.05, 3.63) is 46.6 Å². The Bertz CT molecular complexity index is 895. The van der Waals surface area contributed by atoms with E-state index in [-0.39, 0.29) is 18.5 Å². The number of halogens is 1. The van der Waals surface area contributed by atoms with Gasteiger partial charge in [-0.25, -0.2) is 4.68 Å². The Morgan fingerprint density at radius 3 is 2.68 bits per heavy atom. The first-order valence-corrected chi connectivity index (χ1v) is 9.15. The fourth-order valence-electron chi connectivity index (χ4n) is 2.84. The van der Waals surface area contributed by atoms with Gasteiger partial charge in [-0.05, 0) is 31.5 Å². The molecule has 1 aliphatic rings. The van der Waals surface area contributed by atoms with Crippen molar-refractivity contribution in [2.24, 2.45) is 0 Å². The molecule has 0 radical (unpaired) electrons. The Morgan fingerprint density at radius 2 is 2.00 bits per heavy atom. The minimum Gasteiger partial charge on any atom is -0.344 e. The van der Waals surface area contributed by atoms with E-state index in [1.165, 1.54) is 4.68 Å². The molecule has 3 amide bonds. The van der Waals surface area contributed by atoms with Crippen molar-refractivity contribution < 1.29 is 14.4 Å². The van der Waals surface area contributed by atoms with Gasteiger partial charge >= 0.3 is 11.8 Å². The predicted molar refractivity (Wildman–Crippen MR) is 103 cm³/mol. The van der Waals surface area contributed by atoms with Crippen LogP contribution < -0.4 is 21.3 Å². The number of hydrogen-bond acceptors (Lipinski definition) is 5. The highest BCUT2D eigenvalue weighted by Crippen LogP contribution is 2.17. The molecular formula is C18H21ClN6O3. The smallest absolute Gasteiger partial charge is 0.314 e. The average molecular weight is 405 g/mol. The van der Waals surface area contributed by atoms with Gasteiger partial charge in [0.2, 0.25) is 5.91 Å². The molecule has 3 rings (SSSR count). The maximum absolute atomic E-state index is 12.3. The Balaban J connectivity index is 1.64. The summed E-state index contributed by atoms with van der Waals surface area (Å²) >= 11 is 5.82. The summed E-state index contributed by atoms with van der Waals surface area (Å²) in [6, 6.07) is 8.51. The lowest BCUT2D eigenvalue weighted by molar-refractivity contribution is -0.136. The highest BCUT2D eigenvalue weighted by molar-refractivity contribution is 6.39. The second-order valence-electron chi connectivity index (χ2n) is 6.62. The first-order valence-electron chi connectivity index (χ1n) is 8.77. The number of nitrogens with one attached hydrogen (secondary N) is 4. The third-order valence-electron chi connectivity index (χ3n) is 4.15. The van der Waals surface area contributed by atoms with Crippen molar-refractivity contribution in [3.63, 3.8) is 0 Å². The van der Waals surface area contributed by atoms with Crippen LogP contribution in [-0.2, 0) is 20.9 Å². The van der Waals surface area contributed by atoms with E-state index in [0.29, 0.717) is 23.0 Å². The van der Waals surface area contributed by atoms with Gasteiger partial charge in [-0.15, -0.1) is 0 Å². The second kappa shape index (κ2) is 8.41. The molecule has 0 aliphatic carbocycles. The van der Waals surface area contributed by atoms with Gasteiger partial charge in [-0.3, -0.25) is 19.7 Å².